The fraction of sp³-hybridized carbons (Fsp3) is 0.375. The van der Waals surface area contributed by atoms with Gasteiger partial charge in [0, 0.05) is 12.6 Å². The molecule has 0 unspecified atom stereocenters. The Bertz CT molecular complexity index is 589. The molecule has 1 N–H and O–H groups in total. The Kier molecular flexibility index (Phi) is 4.31. The normalized spacial score (nSPS) is 15.2. The van der Waals surface area contributed by atoms with Crippen molar-refractivity contribution < 1.29 is 9.32 Å². The van der Waals surface area contributed by atoms with Crippen molar-refractivity contribution in [3.8, 4) is 0 Å². The van der Waals surface area contributed by atoms with Crippen molar-refractivity contribution in [1.82, 2.24) is 15.4 Å². The van der Waals surface area contributed by atoms with Crippen LogP contribution in [-0.4, -0.2) is 29.1 Å². The van der Waals surface area contributed by atoms with E-state index < -0.39 is 0 Å². The first kappa shape index (κ1) is 13.8. The van der Waals surface area contributed by atoms with E-state index in [4.69, 9.17) is 4.52 Å². The lowest BCUT2D eigenvalue weighted by atomic mass is 10.2. The van der Waals surface area contributed by atoms with Crippen LogP contribution in [0.4, 0.5) is 0 Å². The lowest BCUT2D eigenvalue weighted by Crippen LogP contribution is -2.23. The van der Waals surface area contributed by atoms with Crippen LogP contribution < -0.4 is 5.32 Å². The fourth-order valence-corrected chi connectivity index (χ4v) is 2.52. The summed E-state index contributed by atoms with van der Waals surface area (Å²) in [6.07, 6.45) is 2.47. The monoisotopic (exact) mass is 285 g/mol. The topological polar surface area (TPSA) is 58.4 Å². The predicted octanol–water partition coefficient (Wildman–Crippen LogP) is 2.20. The molecule has 5 heteroatoms. The van der Waals surface area contributed by atoms with Crippen LogP contribution in [0.25, 0.3) is 0 Å². The number of amides is 1. The van der Waals surface area contributed by atoms with E-state index >= 15 is 0 Å². The van der Waals surface area contributed by atoms with Crippen LogP contribution in [0.1, 0.15) is 34.7 Å². The Morgan fingerprint density at radius 3 is 2.76 bits per heavy atom. The van der Waals surface area contributed by atoms with Gasteiger partial charge in [-0.1, -0.05) is 35.5 Å². The molecule has 1 aliphatic heterocycles. The van der Waals surface area contributed by atoms with E-state index in [2.05, 4.69) is 15.4 Å². The van der Waals surface area contributed by atoms with Gasteiger partial charge in [-0.25, -0.2) is 0 Å². The van der Waals surface area contributed by atoms with Crippen molar-refractivity contribution in [3.63, 3.8) is 0 Å². The van der Waals surface area contributed by atoms with Crippen LogP contribution in [0.15, 0.2) is 40.9 Å². The van der Waals surface area contributed by atoms with E-state index in [1.165, 1.54) is 12.8 Å². The number of nitrogens with zero attached hydrogens (tertiary/aromatic N) is 2. The summed E-state index contributed by atoms with van der Waals surface area (Å²) in [6.45, 7) is 3.42. The van der Waals surface area contributed by atoms with E-state index in [0.29, 0.717) is 12.2 Å². The molecular weight excluding hydrogens is 266 g/mol. The van der Waals surface area contributed by atoms with Gasteiger partial charge in [0.25, 0.3) is 5.91 Å². The van der Waals surface area contributed by atoms with E-state index in [0.717, 1.165) is 31.0 Å². The molecule has 0 radical (unpaired) electrons. The Labute approximate surface area is 123 Å². The first-order valence-corrected chi connectivity index (χ1v) is 7.31. The van der Waals surface area contributed by atoms with Gasteiger partial charge in [-0.2, -0.15) is 0 Å². The Balaban J connectivity index is 1.54. The maximum Gasteiger partial charge on any atom is 0.273 e. The zero-order chi connectivity index (χ0) is 14.5. The Morgan fingerprint density at radius 2 is 2.00 bits per heavy atom. The number of nitrogens with one attached hydrogen (secondary N) is 1. The number of likely N-dealkylation sites (tertiary alicyclic amines) is 1. The second-order valence-electron chi connectivity index (χ2n) is 5.33. The molecule has 0 aliphatic carbocycles. The number of rotatable bonds is 5. The van der Waals surface area contributed by atoms with Gasteiger partial charge in [-0.05, 0) is 31.5 Å². The number of hydrogen-bond donors (Lipinski definition) is 1. The van der Waals surface area contributed by atoms with Crippen molar-refractivity contribution in [1.29, 1.82) is 0 Å². The van der Waals surface area contributed by atoms with Crippen LogP contribution in [0, 0.1) is 0 Å². The number of aromatic nitrogens is 1. The molecule has 0 bridgehead atoms. The van der Waals surface area contributed by atoms with Gasteiger partial charge in [0.05, 0.1) is 6.54 Å². The van der Waals surface area contributed by atoms with Crippen molar-refractivity contribution >= 4 is 5.91 Å². The summed E-state index contributed by atoms with van der Waals surface area (Å²) in [6, 6.07) is 11.5. The molecule has 110 valence electrons. The van der Waals surface area contributed by atoms with E-state index in [9.17, 15) is 4.79 Å². The average Bonchev–Trinajstić information content (AvgIpc) is 3.18. The molecule has 1 saturated heterocycles. The summed E-state index contributed by atoms with van der Waals surface area (Å²) >= 11 is 0. The van der Waals surface area contributed by atoms with Gasteiger partial charge in [-0.3, -0.25) is 9.69 Å². The molecular formula is C16H19N3O2. The zero-order valence-electron chi connectivity index (χ0n) is 11.9. The van der Waals surface area contributed by atoms with E-state index in [1.54, 1.807) is 6.07 Å². The molecule has 1 aromatic heterocycles. The van der Waals surface area contributed by atoms with Gasteiger partial charge in [0.2, 0.25) is 0 Å². The molecule has 1 aromatic carbocycles. The van der Waals surface area contributed by atoms with Crippen LogP contribution >= 0.6 is 0 Å². The van der Waals surface area contributed by atoms with Gasteiger partial charge in [0.1, 0.15) is 0 Å². The lowest BCUT2D eigenvalue weighted by Gasteiger charge is -2.10. The third-order valence-corrected chi connectivity index (χ3v) is 3.67. The molecule has 0 atom stereocenters. The summed E-state index contributed by atoms with van der Waals surface area (Å²) in [7, 11) is 0. The highest BCUT2D eigenvalue weighted by atomic mass is 16.5. The third-order valence-electron chi connectivity index (χ3n) is 3.67. The molecule has 0 spiro atoms. The number of hydrogen-bond acceptors (Lipinski definition) is 4. The van der Waals surface area contributed by atoms with Crippen LogP contribution in [0.3, 0.4) is 0 Å². The fourth-order valence-electron chi connectivity index (χ4n) is 2.52. The summed E-state index contributed by atoms with van der Waals surface area (Å²) in [5.74, 6) is 0.553. The number of carbonyl (C=O) groups excluding carboxylic acids is 1. The zero-order valence-corrected chi connectivity index (χ0v) is 11.9. The van der Waals surface area contributed by atoms with Crippen molar-refractivity contribution in [2.24, 2.45) is 0 Å². The van der Waals surface area contributed by atoms with Gasteiger partial charge in [-0.15, -0.1) is 0 Å². The highest BCUT2D eigenvalue weighted by molar-refractivity contribution is 5.92. The largest absolute Gasteiger partial charge is 0.359 e. The minimum Gasteiger partial charge on any atom is -0.359 e. The smallest absolute Gasteiger partial charge is 0.273 e. The SMILES string of the molecule is O=C(NCc1ccccc1)c1cc(CN2CCCC2)on1. The molecule has 3 rings (SSSR count). The molecule has 1 fully saturated rings. The van der Waals surface area contributed by atoms with Gasteiger partial charge >= 0.3 is 0 Å². The van der Waals surface area contributed by atoms with Crippen molar-refractivity contribution in [3.05, 3.63) is 53.4 Å². The summed E-state index contributed by atoms with van der Waals surface area (Å²) in [4.78, 5) is 14.3. The van der Waals surface area contributed by atoms with Gasteiger partial charge in [0.15, 0.2) is 11.5 Å². The quantitative estimate of drug-likeness (QED) is 0.915. The molecule has 1 amide bonds. The number of benzene rings is 1. The average molecular weight is 285 g/mol. The second-order valence-corrected chi connectivity index (χ2v) is 5.33. The maximum absolute atomic E-state index is 12.0. The molecule has 5 nitrogen and oxygen atoms in total. The number of carbonyl (C=O) groups is 1. The lowest BCUT2D eigenvalue weighted by molar-refractivity contribution is 0.0941. The Hall–Kier alpha value is -2.14. The maximum atomic E-state index is 12.0. The second kappa shape index (κ2) is 6.54. The standard InChI is InChI=1S/C16H19N3O2/c20-16(17-11-13-6-2-1-3-7-13)15-10-14(21-18-15)12-19-8-4-5-9-19/h1-3,6-7,10H,4-5,8-9,11-12H2,(H,17,20). The summed E-state index contributed by atoms with van der Waals surface area (Å²) in [5.41, 5.74) is 1.41. The Morgan fingerprint density at radius 1 is 1.24 bits per heavy atom. The van der Waals surface area contributed by atoms with Crippen LogP contribution in [0.5, 0.6) is 0 Å². The summed E-state index contributed by atoms with van der Waals surface area (Å²) in [5, 5.41) is 6.70. The molecule has 1 aliphatic rings. The van der Waals surface area contributed by atoms with E-state index in [1.807, 2.05) is 30.3 Å². The molecule has 2 heterocycles. The molecule has 2 aromatic rings. The minimum atomic E-state index is -0.199. The highest BCUT2D eigenvalue weighted by Gasteiger charge is 2.17. The molecule has 21 heavy (non-hydrogen) atoms. The highest BCUT2D eigenvalue weighted by Crippen LogP contribution is 2.13. The minimum absolute atomic E-state index is 0.199. The van der Waals surface area contributed by atoms with Crippen molar-refractivity contribution in [2.75, 3.05) is 13.1 Å². The first-order chi connectivity index (χ1) is 10.3. The molecule has 0 saturated carbocycles. The van der Waals surface area contributed by atoms with Crippen LogP contribution in [0.2, 0.25) is 0 Å². The van der Waals surface area contributed by atoms with E-state index in [-0.39, 0.29) is 5.91 Å². The van der Waals surface area contributed by atoms with Crippen LogP contribution in [-0.2, 0) is 13.1 Å². The van der Waals surface area contributed by atoms with Crippen molar-refractivity contribution in [2.45, 2.75) is 25.9 Å². The summed E-state index contributed by atoms with van der Waals surface area (Å²) < 4.78 is 5.25. The van der Waals surface area contributed by atoms with Gasteiger partial charge < -0.3 is 9.84 Å². The first-order valence-electron chi connectivity index (χ1n) is 7.31. The third kappa shape index (κ3) is 3.70. The predicted molar refractivity (Wildman–Crippen MR) is 78.6 cm³/mol.